The molecule has 1 rings (SSSR count). The lowest BCUT2D eigenvalue weighted by molar-refractivity contribution is -0.385. The van der Waals surface area contributed by atoms with Crippen LogP contribution >= 0.6 is 11.6 Å². The van der Waals surface area contributed by atoms with Gasteiger partial charge in [0.15, 0.2) is 0 Å². The molecule has 0 aliphatic heterocycles. The zero-order valence-corrected chi connectivity index (χ0v) is 12.1. The first-order chi connectivity index (χ1) is 9.86. The van der Waals surface area contributed by atoms with Crippen molar-refractivity contribution in [2.75, 3.05) is 6.54 Å². The third-order valence-corrected chi connectivity index (χ3v) is 3.13. The van der Waals surface area contributed by atoms with E-state index in [2.05, 4.69) is 5.32 Å². The molecule has 0 saturated carbocycles. The number of rotatable bonds is 7. The fourth-order valence-corrected chi connectivity index (χ4v) is 1.99. The van der Waals surface area contributed by atoms with E-state index in [0.29, 0.717) is 12.8 Å². The molecular weight excluding hydrogens is 300 g/mol. The fraction of sp³-hybridized carbons (Fsp3) is 0.385. The molecule has 2 N–H and O–H groups in total. The van der Waals surface area contributed by atoms with Crippen molar-refractivity contribution in [3.8, 4) is 0 Å². The van der Waals surface area contributed by atoms with Crippen LogP contribution in [0, 0.1) is 16.0 Å². The van der Waals surface area contributed by atoms with Gasteiger partial charge in [-0.05, 0) is 18.6 Å². The molecule has 0 radical (unpaired) electrons. The Bertz CT molecular complexity index is 561. The largest absolute Gasteiger partial charge is 0.481 e. The van der Waals surface area contributed by atoms with Crippen molar-refractivity contribution < 1.29 is 19.6 Å². The number of aliphatic carboxylic acids is 1. The van der Waals surface area contributed by atoms with E-state index in [4.69, 9.17) is 16.7 Å². The molecule has 0 spiro atoms. The van der Waals surface area contributed by atoms with Crippen LogP contribution in [0.1, 0.15) is 30.1 Å². The lowest BCUT2D eigenvalue weighted by Crippen LogP contribution is -2.33. The molecule has 1 amide bonds. The topological polar surface area (TPSA) is 110 Å². The smallest absolute Gasteiger partial charge is 0.308 e. The summed E-state index contributed by atoms with van der Waals surface area (Å²) in [4.78, 5) is 33.1. The van der Waals surface area contributed by atoms with Gasteiger partial charge in [0.1, 0.15) is 5.56 Å². The number of hydrogen-bond acceptors (Lipinski definition) is 4. The summed E-state index contributed by atoms with van der Waals surface area (Å²) in [5, 5.41) is 22.4. The second kappa shape index (κ2) is 7.58. The number of amides is 1. The van der Waals surface area contributed by atoms with Gasteiger partial charge in [-0.2, -0.15) is 0 Å². The maximum Gasteiger partial charge on any atom is 0.308 e. The van der Waals surface area contributed by atoms with Gasteiger partial charge in [0.2, 0.25) is 0 Å². The minimum Gasteiger partial charge on any atom is -0.481 e. The molecule has 1 unspecified atom stereocenters. The number of hydrogen-bond donors (Lipinski definition) is 2. The first-order valence-corrected chi connectivity index (χ1v) is 6.69. The highest BCUT2D eigenvalue weighted by Gasteiger charge is 2.23. The number of carbonyl (C=O) groups is 2. The number of benzene rings is 1. The maximum absolute atomic E-state index is 12.0. The van der Waals surface area contributed by atoms with Gasteiger partial charge in [0, 0.05) is 17.6 Å². The summed E-state index contributed by atoms with van der Waals surface area (Å²) in [6.45, 7) is 1.75. The highest BCUT2D eigenvalue weighted by atomic mass is 35.5. The second-order valence-corrected chi connectivity index (χ2v) is 4.89. The Labute approximate surface area is 126 Å². The predicted octanol–water partition coefficient (Wildman–Crippen LogP) is 2.48. The van der Waals surface area contributed by atoms with Gasteiger partial charge in [-0.3, -0.25) is 19.7 Å². The van der Waals surface area contributed by atoms with Gasteiger partial charge in [-0.25, -0.2) is 0 Å². The summed E-state index contributed by atoms with van der Waals surface area (Å²) in [5.74, 6) is -2.42. The number of carboxylic acid groups (broad SMARTS) is 1. The van der Waals surface area contributed by atoms with Gasteiger partial charge >= 0.3 is 5.97 Å². The van der Waals surface area contributed by atoms with Crippen LogP contribution in [0.25, 0.3) is 0 Å². The van der Waals surface area contributed by atoms with Crippen molar-refractivity contribution in [3.63, 3.8) is 0 Å². The van der Waals surface area contributed by atoms with E-state index in [1.54, 1.807) is 0 Å². The summed E-state index contributed by atoms with van der Waals surface area (Å²) >= 11 is 5.66. The molecule has 0 aliphatic carbocycles. The van der Waals surface area contributed by atoms with E-state index in [9.17, 15) is 19.7 Å². The number of nitrogens with zero attached hydrogens (tertiary/aromatic N) is 1. The van der Waals surface area contributed by atoms with E-state index < -0.39 is 28.4 Å². The average molecular weight is 315 g/mol. The van der Waals surface area contributed by atoms with Crippen LogP contribution in [0.4, 0.5) is 5.69 Å². The highest BCUT2D eigenvalue weighted by molar-refractivity contribution is 6.31. The van der Waals surface area contributed by atoms with E-state index in [1.165, 1.54) is 12.1 Å². The summed E-state index contributed by atoms with van der Waals surface area (Å²) in [7, 11) is 0. The van der Waals surface area contributed by atoms with E-state index in [-0.39, 0.29) is 17.1 Å². The van der Waals surface area contributed by atoms with Crippen LogP contribution in [-0.4, -0.2) is 28.5 Å². The Morgan fingerprint density at radius 2 is 2.14 bits per heavy atom. The average Bonchev–Trinajstić information content (AvgIpc) is 2.42. The Kier molecular flexibility index (Phi) is 6.10. The zero-order valence-electron chi connectivity index (χ0n) is 11.3. The van der Waals surface area contributed by atoms with Crippen molar-refractivity contribution >= 4 is 29.2 Å². The maximum atomic E-state index is 12.0. The Hall–Kier alpha value is -2.15. The molecule has 0 saturated heterocycles. The van der Waals surface area contributed by atoms with Crippen LogP contribution in [0.15, 0.2) is 18.2 Å². The third-order valence-electron chi connectivity index (χ3n) is 2.90. The molecule has 21 heavy (non-hydrogen) atoms. The van der Waals surface area contributed by atoms with Crippen LogP contribution < -0.4 is 5.32 Å². The minimum atomic E-state index is -1.01. The molecular formula is C13H15ClN2O5. The van der Waals surface area contributed by atoms with Crippen LogP contribution in [-0.2, 0) is 4.79 Å². The molecule has 0 bridgehead atoms. The van der Waals surface area contributed by atoms with Gasteiger partial charge in [-0.15, -0.1) is 0 Å². The molecule has 0 aliphatic rings. The van der Waals surface area contributed by atoms with E-state index in [0.717, 1.165) is 6.07 Å². The first-order valence-electron chi connectivity index (χ1n) is 6.31. The number of nitrogens with one attached hydrogen (secondary N) is 1. The highest BCUT2D eigenvalue weighted by Crippen LogP contribution is 2.23. The molecule has 1 aromatic rings. The first kappa shape index (κ1) is 16.9. The molecule has 8 heteroatoms. The van der Waals surface area contributed by atoms with Crippen molar-refractivity contribution in [2.24, 2.45) is 5.92 Å². The van der Waals surface area contributed by atoms with Gasteiger partial charge < -0.3 is 10.4 Å². The van der Waals surface area contributed by atoms with Gasteiger partial charge in [0.05, 0.1) is 10.8 Å². The van der Waals surface area contributed by atoms with Crippen molar-refractivity contribution in [1.29, 1.82) is 0 Å². The quantitative estimate of drug-likeness (QED) is 0.593. The third kappa shape index (κ3) is 4.71. The van der Waals surface area contributed by atoms with Crippen LogP contribution in [0.5, 0.6) is 0 Å². The Balaban J connectivity index is 2.85. The van der Waals surface area contributed by atoms with Crippen molar-refractivity contribution in [2.45, 2.75) is 19.8 Å². The molecule has 0 aromatic heterocycles. The summed E-state index contributed by atoms with van der Waals surface area (Å²) < 4.78 is 0. The van der Waals surface area contributed by atoms with Crippen molar-refractivity contribution in [3.05, 3.63) is 38.9 Å². The lowest BCUT2D eigenvalue weighted by atomic mass is 10.0. The van der Waals surface area contributed by atoms with E-state index in [1.807, 2.05) is 6.92 Å². The number of nitro benzene ring substituents is 1. The Morgan fingerprint density at radius 1 is 1.48 bits per heavy atom. The molecule has 0 heterocycles. The minimum absolute atomic E-state index is 0.0816. The number of carbonyl (C=O) groups excluding carboxylic acids is 1. The van der Waals surface area contributed by atoms with Crippen molar-refractivity contribution in [1.82, 2.24) is 5.32 Å². The van der Waals surface area contributed by atoms with Crippen LogP contribution in [0.3, 0.4) is 0 Å². The standard InChI is InChI=1S/C13H15ClN2O5/c1-2-3-8(13(18)19)7-15-12(17)10-5-4-9(14)6-11(10)16(20)21/h4-6,8H,2-3,7H2,1H3,(H,15,17)(H,18,19). The molecule has 1 aromatic carbocycles. The summed E-state index contributed by atoms with van der Waals surface area (Å²) in [6.07, 6.45) is 1.08. The fourth-order valence-electron chi connectivity index (χ4n) is 1.82. The molecule has 7 nitrogen and oxygen atoms in total. The predicted molar refractivity (Wildman–Crippen MR) is 76.5 cm³/mol. The van der Waals surface area contributed by atoms with E-state index >= 15 is 0 Å². The molecule has 0 fully saturated rings. The Morgan fingerprint density at radius 3 is 2.67 bits per heavy atom. The molecule has 1 atom stereocenters. The SMILES string of the molecule is CCCC(CNC(=O)c1ccc(Cl)cc1[N+](=O)[O-])C(=O)O. The summed E-state index contributed by atoms with van der Waals surface area (Å²) in [5.41, 5.74) is -0.563. The zero-order chi connectivity index (χ0) is 16.0. The van der Waals surface area contributed by atoms with Gasteiger partial charge in [0.25, 0.3) is 11.6 Å². The normalized spacial score (nSPS) is 11.7. The lowest BCUT2D eigenvalue weighted by Gasteiger charge is -2.12. The number of carboxylic acids is 1. The second-order valence-electron chi connectivity index (χ2n) is 4.45. The van der Waals surface area contributed by atoms with Crippen LogP contribution in [0.2, 0.25) is 5.02 Å². The van der Waals surface area contributed by atoms with Gasteiger partial charge in [-0.1, -0.05) is 24.9 Å². The monoisotopic (exact) mass is 314 g/mol. The number of halogens is 1. The number of nitro groups is 1. The molecule has 114 valence electrons. The summed E-state index contributed by atoms with van der Waals surface area (Å²) in [6, 6.07) is 3.69.